The molecule has 0 aliphatic rings. The molecular weight excluding hydrogens is 486 g/mol. The van der Waals surface area contributed by atoms with Crippen LogP contribution in [0.15, 0.2) is 72.9 Å². The Kier molecular flexibility index (Phi) is 22.2. The standard InChI is InChI=1S/C29H47N3O2S2/c1-4-5-6-7-8-9-10-11-12-13-14-15-16-17-18-19-20-21-22-23-27(33)32-26(28(31)34)24-35-36-29(2,3)25-30/h5-6,8-9,11-12,14-15,17-18,20-21,26H,4,7,10,13,16,19,22-25,30H2,1-3H3,(H2,31,34)(H,32,33)/b6-5-,9-8-,12-11-,15-14-,18-17-,21-20-/t26-/m0/s1. The zero-order valence-corrected chi connectivity index (χ0v) is 24.0. The predicted octanol–water partition coefficient (Wildman–Crippen LogP) is 6.55. The van der Waals surface area contributed by atoms with Crippen molar-refractivity contribution in [3.05, 3.63) is 72.9 Å². The second-order valence-corrected chi connectivity index (χ2v) is 11.9. The molecule has 0 saturated carbocycles. The predicted molar refractivity (Wildman–Crippen MR) is 162 cm³/mol. The van der Waals surface area contributed by atoms with Gasteiger partial charge in [0.05, 0.1) is 0 Å². The molecule has 0 aromatic heterocycles. The van der Waals surface area contributed by atoms with Crippen molar-refractivity contribution in [1.82, 2.24) is 5.32 Å². The topological polar surface area (TPSA) is 98.2 Å². The number of nitrogens with two attached hydrogens (primary N) is 2. The van der Waals surface area contributed by atoms with E-state index in [9.17, 15) is 9.59 Å². The minimum atomic E-state index is -0.672. The van der Waals surface area contributed by atoms with Gasteiger partial charge in [-0.2, -0.15) is 0 Å². The van der Waals surface area contributed by atoms with E-state index in [4.69, 9.17) is 11.5 Å². The number of rotatable bonds is 21. The van der Waals surface area contributed by atoms with Gasteiger partial charge in [0.25, 0.3) is 0 Å². The molecule has 0 aliphatic carbocycles. The van der Waals surface area contributed by atoms with Crippen molar-refractivity contribution in [3.63, 3.8) is 0 Å². The fraction of sp³-hybridized carbons (Fsp3) is 0.517. The monoisotopic (exact) mass is 533 g/mol. The molecule has 0 unspecified atom stereocenters. The summed E-state index contributed by atoms with van der Waals surface area (Å²) in [6.07, 6.45) is 32.6. The van der Waals surface area contributed by atoms with Crippen molar-refractivity contribution in [1.29, 1.82) is 0 Å². The lowest BCUT2D eigenvalue weighted by molar-refractivity contribution is -0.126. The van der Waals surface area contributed by atoms with E-state index >= 15 is 0 Å². The highest BCUT2D eigenvalue weighted by atomic mass is 33.1. The van der Waals surface area contributed by atoms with Crippen LogP contribution in [0.4, 0.5) is 0 Å². The van der Waals surface area contributed by atoms with Gasteiger partial charge in [0.2, 0.25) is 11.8 Å². The van der Waals surface area contributed by atoms with Crippen molar-refractivity contribution in [2.75, 3.05) is 12.3 Å². The minimum Gasteiger partial charge on any atom is -0.368 e. The molecule has 0 aromatic carbocycles. The Hall–Kier alpha value is -1.96. The van der Waals surface area contributed by atoms with Gasteiger partial charge >= 0.3 is 0 Å². The summed E-state index contributed by atoms with van der Waals surface area (Å²) < 4.78 is -0.0904. The molecule has 0 saturated heterocycles. The highest BCUT2D eigenvalue weighted by molar-refractivity contribution is 8.77. The zero-order valence-electron chi connectivity index (χ0n) is 22.4. The molecule has 202 valence electrons. The number of amides is 2. The van der Waals surface area contributed by atoms with Crippen LogP contribution in [-0.4, -0.2) is 34.9 Å². The number of carbonyl (C=O) groups is 2. The summed E-state index contributed by atoms with van der Waals surface area (Å²) in [7, 11) is 3.10. The van der Waals surface area contributed by atoms with Crippen LogP contribution < -0.4 is 16.8 Å². The molecule has 0 aliphatic heterocycles. The van der Waals surface area contributed by atoms with Gasteiger partial charge in [0, 0.05) is 23.5 Å². The van der Waals surface area contributed by atoms with Crippen LogP contribution in [0.5, 0.6) is 0 Å². The first-order valence-corrected chi connectivity index (χ1v) is 15.1. The molecule has 0 radical (unpaired) electrons. The van der Waals surface area contributed by atoms with E-state index in [2.05, 4.69) is 79.1 Å². The molecule has 0 heterocycles. The molecule has 0 aromatic rings. The van der Waals surface area contributed by atoms with Crippen molar-refractivity contribution in [2.45, 2.75) is 82.9 Å². The Balaban J connectivity index is 3.92. The van der Waals surface area contributed by atoms with Crippen LogP contribution in [0.1, 0.15) is 72.1 Å². The van der Waals surface area contributed by atoms with Gasteiger partial charge in [-0.3, -0.25) is 9.59 Å². The molecule has 0 bridgehead atoms. The molecule has 5 N–H and O–H groups in total. The first-order chi connectivity index (χ1) is 17.3. The van der Waals surface area contributed by atoms with Crippen molar-refractivity contribution >= 4 is 33.4 Å². The van der Waals surface area contributed by atoms with Crippen LogP contribution >= 0.6 is 21.6 Å². The summed E-state index contributed by atoms with van der Waals surface area (Å²) >= 11 is 0. The summed E-state index contributed by atoms with van der Waals surface area (Å²) in [5, 5.41) is 2.73. The molecule has 36 heavy (non-hydrogen) atoms. The molecule has 2 amide bonds. The summed E-state index contributed by atoms with van der Waals surface area (Å²) in [5.41, 5.74) is 11.1. The third-order valence-electron chi connectivity index (χ3n) is 4.82. The van der Waals surface area contributed by atoms with Crippen LogP contribution in [0, 0.1) is 0 Å². The van der Waals surface area contributed by atoms with Crippen LogP contribution in [0.2, 0.25) is 0 Å². The van der Waals surface area contributed by atoms with Crippen LogP contribution in [0.3, 0.4) is 0 Å². The number of primary amides is 1. The van der Waals surface area contributed by atoms with E-state index in [-0.39, 0.29) is 10.7 Å². The zero-order chi connectivity index (χ0) is 26.9. The SMILES string of the molecule is CC/C=C\C/C=C\C/C=C\C/C=C\C/C=C\C/C=C\CCC(=O)N[C@@H](CSSC(C)(C)CN)C(N)=O. The van der Waals surface area contributed by atoms with Gasteiger partial charge in [-0.05, 0) is 58.8 Å². The van der Waals surface area contributed by atoms with Gasteiger partial charge in [0.15, 0.2) is 0 Å². The van der Waals surface area contributed by atoms with E-state index in [0.717, 1.165) is 38.5 Å². The van der Waals surface area contributed by atoms with Crippen LogP contribution in [0.25, 0.3) is 0 Å². The second kappa shape index (κ2) is 23.4. The van der Waals surface area contributed by atoms with Gasteiger partial charge in [0.1, 0.15) is 6.04 Å². The van der Waals surface area contributed by atoms with Gasteiger partial charge < -0.3 is 16.8 Å². The Morgan fingerprint density at radius 2 is 1.25 bits per heavy atom. The maximum absolute atomic E-state index is 12.1. The average Bonchev–Trinajstić information content (AvgIpc) is 2.84. The Labute approximate surface area is 227 Å². The maximum Gasteiger partial charge on any atom is 0.240 e. The quantitative estimate of drug-likeness (QED) is 0.115. The summed E-state index contributed by atoms with van der Waals surface area (Å²) in [6, 6.07) is -0.672. The molecule has 5 nitrogen and oxygen atoms in total. The van der Waals surface area contributed by atoms with E-state index in [0.29, 0.717) is 25.1 Å². The lowest BCUT2D eigenvalue weighted by atomic mass is 10.2. The van der Waals surface area contributed by atoms with E-state index in [1.807, 2.05) is 19.9 Å². The number of hydrogen-bond acceptors (Lipinski definition) is 5. The number of nitrogens with one attached hydrogen (secondary N) is 1. The molecule has 1 atom stereocenters. The van der Waals surface area contributed by atoms with Crippen molar-refractivity contribution < 1.29 is 9.59 Å². The Morgan fingerprint density at radius 3 is 1.67 bits per heavy atom. The highest BCUT2D eigenvalue weighted by Crippen LogP contribution is 2.35. The van der Waals surface area contributed by atoms with Gasteiger partial charge in [-0.1, -0.05) is 101 Å². The molecular formula is C29H47N3O2S2. The summed E-state index contributed by atoms with van der Waals surface area (Å²) in [6.45, 7) is 6.75. The number of allylic oxidation sites excluding steroid dienone is 12. The third-order valence-corrected chi connectivity index (χ3v) is 8.14. The third kappa shape index (κ3) is 22.5. The average molecular weight is 534 g/mol. The van der Waals surface area contributed by atoms with Gasteiger partial charge in [-0.25, -0.2) is 0 Å². The largest absolute Gasteiger partial charge is 0.368 e. The number of hydrogen-bond donors (Lipinski definition) is 3. The lowest BCUT2D eigenvalue weighted by Crippen LogP contribution is -2.46. The highest BCUT2D eigenvalue weighted by Gasteiger charge is 2.21. The smallest absolute Gasteiger partial charge is 0.240 e. The molecule has 0 rings (SSSR count). The number of carbonyl (C=O) groups excluding carboxylic acids is 2. The van der Waals surface area contributed by atoms with E-state index in [1.54, 1.807) is 10.8 Å². The minimum absolute atomic E-state index is 0.0904. The van der Waals surface area contributed by atoms with Crippen molar-refractivity contribution in [2.24, 2.45) is 11.5 Å². The van der Waals surface area contributed by atoms with Gasteiger partial charge in [-0.15, -0.1) is 0 Å². The Morgan fingerprint density at radius 1 is 0.806 bits per heavy atom. The fourth-order valence-corrected chi connectivity index (χ4v) is 5.22. The Bertz CT molecular complexity index is 768. The first-order valence-electron chi connectivity index (χ1n) is 12.8. The summed E-state index contributed by atoms with van der Waals surface area (Å²) in [5.74, 6) is -0.257. The second-order valence-electron chi connectivity index (χ2n) is 8.81. The van der Waals surface area contributed by atoms with E-state index in [1.165, 1.54) is 10.8 Å². The fourth-order valence-electron chi connectivity index (χ4n) is 2.61. The lowest BCUT2D eigenvalue weighted by Gasteiger charge is -2.22. The van der Waals surface area contributed by atoms with Crippen molar-refractivity contribution in [3.8, 4) is 0 Å². The first kappa shape index (κ1) is 34.0. The molecule has 0 spiro atoms. The molecule has 7 heteroatoms. The van der Waals surface area contributed by atoms with Crippen LogP contribution in [-0.2, 0) is 9.59 Å². The normalized spacial score (nSPS) is 13.9. The molecule has 0 fully saturated rings. The maximum atomic E-state index is 12.1. The summed E-state index contributed by atoms with van der Waals surface area (Å²) in [4.78, 5) is 23.8. The van der Waals surface area contributed by atoms with E-state index < -0.39 is 11.9 Å².